The van der Waals surface area contributed by atoms with Gasteiger partial charge in [0.15, 0.2) is 0 Å². The number of hydrogen-bond donors (Lipinski definition) is 3. The largest absolute Gasteiger partial charge is 0.335 e. The number of nitrogens with one attached hydrogen (secondary N) is 3. The quantitative estimate of drug-likeness (QED) is 0.765. The highest BCUT2D eigenvalue weighted by Crippen LogP contribution is 2.17. The zero-order chi connectivity index (χ0) is 17.5. The molecule has 0 fully saturated rings. The summed E-state index contributed by atoms with van der Waals surface area (Å²) in [5, 5.41) is 9.00. The van der Waals surface area contributed by atoms with Crippen molar-refractivity contribution in [2.75, 3.05) is 10.6 Å². The molecule has 2 aromatic carbocycles. The van der Waals surface area contributed by atoms with Gasteiger partial charge in [-0.2, -0.15) is 0 Å². The normalized spacial score (nSPS) is 11.5. The van der Waals surface area contributed by atoms with E-state index in [0.29, 0.717) is 22.8 Å². The zero-order valence-electron chi connectivity index (χ0n) is 13.6. The summed E-state index contributed by atoms with van der Waals surface area (Å²) in [6.07, 6.45) is 0.647. The lowest BCUT2D eigenvalue weighted by Crippen LogP contribution is -2.37. The van der Waals surface area contributed by atoms with Crippen molar-refractivity contribution in [1.82, 2.24) is 5.32 Å². The van der Waals surface area contributed by atoms with Gasteiger partial charge in [0.05, 0.1) is 0 Å². The number of carbonyl (C=O) groups excluding carboxylic acids is 2. The number of carbonyl (C=O) groups is 2. The third-order valence-electron chi connectivity index (χ3n) is 3.32. The molecule has 6 heteroatoms. The molecule has 3 amide bonds. The first kappa shape index (κ1) is 17.8. The Bertz CT molecular complexity index is 716. The summed E-state index contributed by atoms with van der Waals surface area (Å²) in [5.41, 5.74) is 2.32. The Morgan fingerprint density at radius 3 is 2.17 bits per heavy atom. The molecular formula is C18H20ClN3O2. The summed E-state index contributed by atoms with van der Waals surface area (Å²) in [6, 6.07) is 14.1. The standard InChI is InChI=1S/C18H20ClN3O2/c1-12(11-14-5-3-4-6-17(14)19)20-18(24)22-16-9-7-15(8-10-16)21-13(2)23/h3-10,12H,11H2,1-2H3,(H,21,23)(H2,20,22,24). The Morgan fingerprint density at radius 1 is 1.00 bits per heavy atom. The van der Waals surface area contributed by atoms with Gasteiger partial charge in [-0.05, 0) is 49.2 Å². The topological polar surface area (TPSA) is 70.2 Å². The van der Waals surface area contributed by atoms with Crippen molar-refractivity contribution >= 4 is 34.9 Å². The predicted molar refractivity (Wildman–Crippen MR) is 97.5 cm³/mol. The van der Waals surface area contributed by atoms with Crippen LogP contribution in [0.15, 0.2) is 48.5 Å². The number of anilines is 2. The first-order chi connectivity index (χ1) is 11.4. The number of amides is 3. The molecule has 5 nitrogen and oxygen atoms in total. The minimum Gasteiger partial charge on any atom is -0.335 e. The summed E-state index contributed by atoms with van der Waals surface area (Å²) in [6.45, 7) is 3.36. The first-order valence-corrected chi connectivity index (χ1v) is 8.00. The first-order valence-electron chi connectivity index (χ1n) is 7.62. The fourth-order valence-corrected chi connectivity index (χ4v) is 2.49. The molecule has 0 heterocycles. The minimum absolute atomic E-state index is 0.0662. The second-order valence-corrected chi connectivity index (χ2v) is 5.96. The Hall–Kier alpha value is -2.53. The Labute approximate surface area is 146 Å². The van der Waals surface area contributed by atoms with Gasteiger partial charge in [0.25, 0.3) is 0 Å². The predicted octanol–water partition coefficient (Wildman–Crippen LogP) is 4.05. The highest BCUT2D eigenvalue weighted by molar-refractivity contribution is 6.31. The lowest BCUT2D eigenvalue weighted by Gasteiger charge is -2.15. The fraction of sp³-hybridized carbons (Fsp3) is 0.222. The summed E-state index contributed by atoms with van der Waals surface area (Å²) in [4.78, 5) is 23.0. The maximum absolute atomic E-state index is 12.0. The van der Waals surface area contributed by atoms with Crippen LogP contribution in [0.4, 0.5) is 16.2 Å². The van der Waals surface area contributed by atoms with E-state index in [1.54, 1.807) is 24.3 Å². The average Bonchev–Trinajstić information content (AvgIpc) is 2.51. The minimum atomic E-state index is -0.290. The number of benzene rings is 2. The fourth-order valence-electron chi connectivity index (χ4n) is 2.28. The van der Waals surface area contributed by atoms with Gasteiger partial charge in [0.1, 0.15) is 0 Å². The monoisotopic (exact) mass is 345 g/mol. The smallest absolute Gasteiger partial charge is 0.319 e. The Balaban J connectivity index is 1.86. The van der Waals surface area contributed by atoms with Crippen molar-refractivity contribution in [2.24, 2.45) is 0 Å². The van der Waals surface area contributed by atoms with E-state index in [0.717, 1.165) is 5.56 Å². The molecule has 0 aliphatic carbocycles. The van der Waals surface area contributed by atoms with Crippen LogP contribution in [0.1, 0.15) is 19.4 Å². The molecule has 24 heavy (non-hydrogen) atoms. The van der Waals surface area contributed by atoms with Crippen LogP contribution < -0.4 is 16.0 Å². The average molecular weight is 346 g/mol. The molecule has 2 aromatic rings. The van der Waals surface area contributed by atoms with Gasteiger partial charge in [-0.15, -0.1) is 0 Å². The SMILES string of the molecule is CC(=O)Nc1ccc(NC(=O)NC(C)Cc2ccccc2Cl)cc1. The van der Waals surface area contributed by atoms with E-state index >= 15 is 0 Å². The molecule has 0 saturated heterocycles. The van der Waals surface area contributed by atoms with Gasteiger partial charge in [0, 0.05) is 29.4 Å². The third-order valence-corrected chi connectivity index (χ3v) is 3.69. The molecule has 0 radical (unpaired) electrons. The van der Waals surface area contributed by atoms with E-state index in [-0.39, 0.29) is 18.0 Å². The number of urea groups is 1. The van der Waals surface area contributed by atoms with Gasteiger partial charge < -0.3 is 16.0 Å². The Morgan fingerprint density at radius 2 is 1.58 bits per heavy atom. The van der Waals surface area contributed by atoms with Crippen molar-refractivity contribution in [3.8, 4) is 0 Å². The van der Waals surface area contributed by atoms with E-state index < -0.39 is 0 Å². The van der Waals surface area contributed by atoms with Gasteiger partial charge in [-0.1, -0.05) is 29.8 Å². The maximum atomic E-state index is 12.0. The summed E-state index contributed by atoms with van der Waals surface area (Å²) >= 11 is 6.13. The van der Waals surface area contributed by atoms with Crippen LogP contribution in [0.2, 0.25) is 5.02 Å². The van der Waals surface area contributed by atoms with E-state index in [2.05, 4.69) is 16.0 Å². The van der Waals surface area contributed by atoms with Crippen molar-refractivity contribution in [2.45, 2.75) is 26.3 Å². The van der Waals surface area contributed by atoms with Crippen LogP contribution in [0.3, 0.4) is 0 Å². The summed E-state index contributed by atoms with van der Waals surface area (Å²) in [7, 11) is 0. The highest BCUT2D eigenvalue weighted by Gasteiger charge is 2.10. The van der Waals surface area contributed by atoms with Gasteiger partial charge >= 0.3 is 6.03 Å². The lowest BCUT2D eigenvalue weighted by molar-refractivity contribution is -0.114. The van der Waals surface area contributed by atoms with Crippen LogP contribution >= 0.6 is 11.6 Å². The van der Waals surface area contributed by atoms with E-state index in [1.807, 2.05) is 31.2 Å². The van der Waals surface area contributed by atoms with E-state index in [9.17, 15) is 9.59 Å². The molecule has 0 aromatic heterocycles. The maximum Gasteiger partial charge on any atom is 0.319 e. The molecule has 0 saturated carbocycles. The molecule has 0 aliphatic rings. The van der Waals surface area contributed by atoms with Gasteiger partial charge in [-0.3, -0.25) is 4.79 Å². The van der Waals surface area contributed by atoms with E-state index in [4.69, 9.17) is 11.6 Å². The van der Waals surface area contributed by atoms with Gasteiger partial charge in [0.2, 0.25) is 5.91 Å². The van der Waals surface area contributed by atoms with Crippen LogP contribution in [0.5, 0.6) is 0 Å². The van der Waals surface area contributed by atoms with Crippen LogP contribution in [-0.4, -0.2) is 18.0 Å². The van der Waals surface area contributed by atoms with Crippen molar-refractivity contribution in [3.63, 3.8) is 0 Å². The van der Waals surface area contributed by atoms with Crippen LogP contribution in [0.25, 0.3) is 0 Å². The van der Waals surface area contributed by atoms with E-state index in [1.165, 1.54) is 6.92 Å². The number of hydrogen-bond acceptors (Lipinski definition) is 2. The Kier molecular flexibility index (Phi) is 6.21. The lowest BCUT2D eigenvalue weighted by atomic mass is 10.1. The molecular weight excluding hydrogens is 326 g/mol. The van der Waals surface area contributed by atoms with Crippen LogP contribution in [-0.2, 0) is 11.2 Å². The summed E-state index contributed by atoms with van der Waals surface area (Å²) in [5.74, 6) is -0.137. The molecule has 0 aliphatic heterocycles. The van der Waals surface area contributed by atoms with Crippen molar-refractivity contribution in [1.29, 1.82) is 0 Å². The molecule has 3 N–H and O–H groups in total. The highest BCUT2D eigenvalue weighted by atomic mass is 35.5. The molecule has 0 bridgehead atoms. The molecule has 1 atom stereocenters. The molecule has 2 rings (SSSR count). The van der Waals surface area contributed by atoms with Gasteiger partial charge in [-0.25, -0.2) is 4.79 Å². The third kappa shape index (κ3) is 5.59. The van der Waals surface area contributed by atoms with Crippen molar-refractivity contribution in [3.05, 3.63) is 59.1 Å². The van der Waals surface area contributed by atoms with Crippen LogP contribution in [0, 0.1) is 0 Å². The van der Waals surface area contributed by atoms with Crippen molar-refractivity contribution < 1.29 is 9.59 Å². The molecule has 126 valence electrons. The summed E-state index contributed by atoms with van der Waals surface area (Å²) < 4.78 is 0. The molecule has 1 unspecified atom stereocenters. The second-order valence-electron chi connectivity index (χ2n) is 5.55. The number of halogens is 1. The molecule has 0 spiro atoms. The second kappa shape index (κ2) is 8.36. The zero-order valence-corrected chi connectivity index (χ0v) is 14.4. The number of rotatable bonds is 5.